The Morgan fingerprint density at radius 3 is 2.42 bits per heavy atom. The summed E-state index contributed by atoms with van der Waals surface area (Å²) in [5.74, 6) is 1.96. The summed E-state index contributed by atoms with van der Waals surface area (Å²) in [5, 5.41) is 0. The molecule has 0 atom stereocenters. The minimum absolute atomic E-state index is 0.101. The number of para-hydroxylation sites is 1. The topological polar surface area (TPSA) is 44.5 Å². The van der Waals surface area contributed by atoms with Crippen LogP contribution in [0.2, 0.25) is 0 Å². The van der Waals surface area contributed by atoms with Crippen LogP contribution in [0.15, 0.2) is 23.8 Å². The molecule has 3 heteroatoms. The first-order chi connectivity index (χ1) is 8.99. The number of nitrogens with two attached hydrogens (primary N) is 1. The van der Waals surface area contributed by atoms with Crippen molar-refractivity contribution in [2.45, 2.75) is 33.8 Å². The van der Waals surface area contributed by atoms with E-state index >= 15 is 0 Å². The molecular weight excluding hydrogens is 238 g/mol. The number of hydrogen-bond donors (Lipinski definition) is 1. The predicted octanol–water partition coefficient (Wildman–Crippen LogP) is 3.48. The van der Waals surface area contributed by atoms with Gasteiger partial charge in [0.25, 0.3) is 0 Å². The first kappa shape index (κ1) is 15.6. The molecule has 19 heavy (non-hydrogen) atoms. The summed E-state index contributed by atoms with van der Waals surface area (Å²) in [4.78, 5) is 0. The fourth-order valence-corrected chi connectivity index (χ4v) is 1.83. The number of ether oxygens (including phenoxy) is 2. The van der Waals surface area contributed by atoms with Crippen molar-refractivity contribution in [2.24, 2.45) is 11.7 Å². The minimum atomic E-state index is 0.101. The van der Waals surface area contributed by atoms with Crippen molar-refractivity contribution in [3.63, 3.8) is 0 Å². The molecular formula is C16H25NO2. The Bertz CT molecular complexity index is 436. The van der Waals surface area contributed by atoms with Gasteiger partial charge in [-0.05, 0) is 25.8 Å². The van der Waals surface area contributed by atoms with E-state index in [1.54, 1.807) is 7.11 Å². The summed E-state index contributed by atoms with van der Waals surface area (Å²) >= 11 is 0. The maximum atomic E-state index is 5.88. The normalized spacial score (nSPS) is 12.1. The van der Waals surface area contributed by atoms with Crippen molar-refractivity contribution in [3.8, 4) is 11.5 Å². The molecule has 1 aromatic carbocycles. The predicted molar refractivity (Wildman–Crippen MR) is 80.6 cm³/mol. The summed E-state index contributed by atoms with van der Waals surface area (Å²) in [7, 11) is 1.66. The van der Waals surface area contributed by atoms with E-state index in [1.807, 2.05) is 32.0 Å². The van der Waals surface area contributed by atoms with Gasteiger partial charge in [-0.25, -0.2) is 0 Å². The molecule has 0 aliphatic heterocycles. The lowest BCUT2D eigenvalue weighted by molar-refractivity contribution is 0.229. The molecule has 0 amide bonds. The standard InChI is InChI=1S/C16H25NO2/c1-11(2)14(10-17)9-13-7-6-8-15(18-5)16(13)19-12(3)4/h6-9,11-12H,10,17H2,1-5H3. The molecule has 0 unspecified atom stereocenters. The van der Waals surface area contributed by atoms with Gasteiger partial charge in [0.2, 0.25) is 0 Å². The van der Waals surface area contributed by atoms with Gasteiger partial charge in [-0.3, -0.25) is 0 Å². The van der Waals surface area contributed by atoms with Gasteiger partial charge in [0.15, 0.2) is 11.5 Å². The second-order valence-corrected chi connectivity index (χ2v) is 5.12. The van der Waals surface area contributed by atoms with Gasteiger partial charge in [-0.2, -0.15) is 0 Å². The zero-order valence-electron chi connectivity index (χ0n) is 12.6. The van der Waals surface area contributed by atoms with E-state index in [0.717, 1.165) is 17.1 Å². The van der Waals surface area contributed by atoms with Crippen LogP contribution in [0.3, 0.4) is 0 Å². The quantitative estimate of drug-likeness (QED) is 0.854. The zero-order valence-corrected chi connectivity index (χ0v) is 12.6. The Balaban J connectivity index is 3.25. The van der Waals surface area contributed by atoms with E-state index in [0.29, 0.717) is 12.5 Å². The van der Waals surface area contributed by atoms with Crippen molar-refractivity contribution in [1.82, 2.24) is 0 Å². The van der Waals surface area contributed by atoms with E-state index < -0.39 is 0 Å². The van der Waals surface area contributed by atoms with Crippen LogP contribution >= 0.6 is 0 Å². The minimum Gasteiger partial charge on any atom is -0.493 e. The van der Waals surface area contributed by atoms with Gasteiger partial charge in [0.1, 0.15) is 0 Å². The number of benzene rings is 1. The zero-order chi connectivity index (χ0) is 14.4. The second kappa shape index (κ2) is 7.19. The average Bonchev–Trinajstić information content (AvgIpc) is 2.36. The molecule has 0 saturated heterocycles. The first-order valence-electron chi connectivity index (χ1n) is 6.73. The van der Waals surface area contributed by atoms with E-state index in [-0.39, 0.29) is 6.10 Å². The highest BCUT2D eigenvalue weighted by Gasteiger charge is 2.12. The fraction of sp³-hybridized carbons (Fsp3) is 0.500. The molecule has 1 aromatic rings. The summed E-state index contributed by atoms with van der Waals surface area (Å²) in [6.07, 6.45) is 2.20. The molecule has 0 saturated carbocycles. The maximum absolute atomic E-state index is 5.88. The van der Waals surface area contributed by atoms with Gasteiger partial charge in [0, 0.05) is 12.1 Å². The van der Waals surface area contributed by atoms with Gasteiger partial charge < -0.3 is 15.2 Å². The van der Waals surface area contributed by atoms with Gasteiger partial charge in [-0.1, -0.05) is 37.6 Å². The molecule has 0 heterocycles. The third-order valence-corrected chi connectivity index (χ3v) is 2.90. The van der Waals surface area contributed by atoms with Crippen LogP contribution in [0.4, 0.5) is 0 Å². The van der Waals surface area contributed by atoms with Crippen LogP contribution in [-0.2, 0) is 0 Å². The van der Waals surface area contributed by atoms with Crippen LogP contribution in [0.1, 0.15) is 33.3 Å². The van der Waals surface area contributed by atoms with Crippen molar-refractivity contribution >= 4 is 6.08 Å². The highest BCUT2D eigenvalue weighted by atomic mass is 16.5. The molecule has 0 aliphatic carbocycles. The lowest BCUT2D eigenvalue weighted by atomic mass is 10.00. The molecule has 0 fully saturated rings. The van der Waals surface area contributed by atoms with Crippen molar-refractivity contribution in [2.75, 3.05) is 13.7 Å². The van der Waals surface area contributed by atoms with E-state index in [4.69, 9.17) is 15.2 Å². The first-order valence-corrected chi connectivity index (χ1v) is 6.73. The van der Waals surface area contributed by atoms with Crippen LogP contribution in [0.25, 0.3) is 6.08 Å². The lowest BCUT2D eigenvalue weighted by Gasteiger charge is -2.17. The molecule has 0 bridgehead atoms. The van der Waals surface area contributed by atoms with Gasteiger partial charge in [0.05, 0.1) is 13.2 Å². The largest absolute Gasteiger partial charge is 0.493 e. The summed E-state index contributed by atoms with van der Waals surface area (Å²) < 4.78 is 11.3. The van der Waals surface area contributed by atoms with Crippen LogP contribution < -0.4 is 15.2 Å². The summed E-state index contributed by atoms with van der Waals surface area (Å²) in [6.45, 7) is 8.85. The molecule has 106 valence electrons. The molecule has 0 spiro atoms. The van der Waals surface area contributed by atoms with E-state index in [2.05, 4.69) is 19.9 Å². The summed E-state index contributed by atoms with van der Waals surface area (Å²) in [5.41, 5.74) is 8.02. The van der Waals surface area contributed by atoms with Crippen molar-refractivity contribution in [3.05, 3.63) is 29.3 Å². The number of methoxy groups -OCH3 is 1. The Kier molecular flexibility index (Phi) is 5.90. The molecule has 0 radical (unpaired) electrons. The van der Waals surface area contributed by atoms with E-state index in [9.17, 15) is 0 Å². The third kappa shape index (κ3) is 4.28. The second-order valence-electron chi connectivity index (χ2n) is 5.12. The van der Waals surface area contributed by atoms with Crippen molar-refractivity contribution < 1.29 is 9.47 Å². The average molecular weight is 263 g/mol. The number of hydrogen-bond acceptors (Lipinski definition) is 3. The van der Waals surface area contributed by atoms with E-state index in [1.165, 1.54) is 5.57 Å². The highest BCUT2D eigenvalue weighted by molar-refractivity contribution is 5.64. The smallest absolute Gasteiger partial charge is 0.168 e. The Morgan fingerprint density at radius 1 is 1.26 bits per heavy atom. The third-order valence-electron chi connectivity index (χ3n) is 2.90. The van der Waals surface area contributed by atoms with Gasteiger partial charge in [-0.15, -0.1) is 0 Å². The Morgan fingerprint density at radius 2 is 1.95 bits per heavy atom. The van der Waals surface area contributed by atoms with Crippen LogP contribution in [0, 0.1) is 5.92 Å². The fourth-order valence-electron chi connectivity index (χ4n) is 1.83. The van der Waals surface area contributed by atoms with Gasteiger partial charge >= 0.3 is 0 Å². The number of rotatable bonds is 6. The molecule has 0 aromatic heterocycles. The summed E-state index contributed by atoms with van der Waals surface area (Å²) in [6, 6.07) is 5.90. The maximum Gasteiger partial charge on any atom is 0.168 e. The molecule has 2 N–H and O–H groups in total. The SMILES string of the molecule is COc1cccc(C=C(CN)C(C)C)c1OC(C)C. The molecule has 1 rings (SSSR count). The Labute approximate surface area is 116 Å². The Hall–Kier alpha value is -1.48. The lowest BCUT2D eigenvalue weighted by Crippen LogP contribution is -2.10. The van der Waals surface area contributed by atoms with Crippen LogP contribution in [-0.4, -0.2) is 19.8 Å². The van der Waals surface area contributed by atoms with Crippen molar-refractivity contribution in [1.29, 1.82) is 0 Å². The highest BCUT2D eigenvalue weighted by Crippen LogP contribution is 2.33. The monoisotopic (exact) mass is 263 g/mol. The molecule has 0 aliphatic rings. The van der Waals surface area contributed by atoms with Crippen LogP contribution in [0.5, 0.6) is 11.5 Å². The molecule has 3 nitrogen and oxygen atoms in total.